The highest BCUT2D eigenvalue weighted by Gasteiger charge is 2.16. The van der Waals surface area contributed by atoms with E-state index < -0.39 is 16.6 Å². The lowest BCUT2D eigenvalue weighted by Crippen LogP contribution is -2.13. The Balaban J connectivity index is 1.82. The van der Waals surface area contributed by atoms with Gasteiger partial charge in [0.1, 0.15) is 5.69 Å². The van der Waals surface area contributed by atoms with Crippen LogP contribution in [0.3, 0.4) is 0 Å². The van der Waals surface area contributed by atoms with Crippen molar-refractivity contribution in [3.8, 4) is 5.69 Å². The molecule has 0 spiro atoms. The highest BCUT2D eigenvalue weighted by atomic mass is 35.5. The Hall–Kier alpha value is -3.26. The minimum Gasteiger partial charge on any atom is -0.322 e. The van der Waals surface area contributed by atoms with Crippen LogP contribution in [0.4, 0.5) is 15.8 Å². The second kappa shape index (κ2) is 6.70. The number of amides is 1. The van der Waals surface area contributed by atoms with E-state index in [1.165, 1.54) is 35.1 Å². The second-order valence-electron chi connectivity index (χ2n) is 4.99. The van der Waals surface area contributed by atoms with Crippen molar-refractivity contribution in [2.45, 2.75) is 0 Å². The van der Waals surface area contributed by atoms with Gasteiger partial charge in [-0.05, 0) is 30.3 Å². The maximum absolute atomic E-state index is 14.2. The number of aromatic nitrogens is 2. The van der Waals surface area contributed by atoms with E-state index in [1.807, 2.05) is 0 Å². The summed E-state index contributed by atoms with van der Waals surface area (Å²) in [6, 6.07) is 9.27. The lowest BCUT2D eigenvalue weighted by molar-refractivity contribution is -0.384. The number of nitro benzene ring substituents is 1. The van der Waals surface area contributed by atoms with Gasteiger partial charge in [-0.15, -0.1) is 0 Å². The molecule has 0 aliphatic rings. The Bertz CT molecular complexity index is 960. The first kappa shape index (κ1) is 16.6. The van der Waals surface area contributed by atoms with Crippen molar-refractivity contribution >= 4 is 28.9 Å². The number of rotatable bonds is 4. The van der Waals surface area contributed by atoms with Gasteiger partial charge in [0.25, 0.3) is 11.6 Å². The predicted molar refractivity (Wildman–Crippen MR) is 89.6 cm³/mol. The first-order valence-corrected chi connectivity index (χ1v) is 7.38. The van der Waals surface area contributed by atoms with Gasteiger partial charge in [-0.1, -0.05) is 11.6 Å². The van der Waals surface area contributed by atoms with Crippen LogP contribution in [-0.2, 0) is 0 Å². The zero-order chi connectivity index (χ0) is 18.0. The fraction of sp³-hybridized carbons (Fsp3) is 0. The fourth-order valence-corrected chi connectivity index (χ4v) is 2.44. The molecule has 3 rings (SSSR count). The van der Waals surface area contributed by atoms with Gasteiger partial charge >= 0.3 is 0 Å². The van der Waals surface area contributed by atoms with Crippen molar-refractivity contribution in [2.24, 2.45) is 0 Å². The number of halogens is 2. The van der Waals surface area contributed by atoms with Crippen LogP contribution in [0.25, 0.3) is 5.69 Å². The summed E-state index contributed by atoms with van der Waals surface area (Å²) in [6.45, 7) is 0. The minimum absolute atomic E-state index is 0.0452. The average Bonchev–Trinajstić information content (AvgIpc) is 3.08. The van der Waals surface area contributed by atoms with Crippen molar-refractivity contribution < 1.29 is 14.1 Å². The molecule has 25 heavy (non-hydrogen) atoms. The van der Waals surface area contributed by atoms with Gasteiger partial charge < -0.3 is 5.32 Å². The van der Waals surface area contributed by atoms with Crippen molar-refractivity contribution in [3.63, 3.8) is 0 Å². The number of benzene rings is 2. The van der Waals surface area contributed by atoms with Gasteiger partial charge in [-0.2, -0.15) is 5.10 Å². The SMILES string of the molecule is O=C(Nc1ccc(-n2cccn2)c(F)c1)c1ccc([N+](=O)[O-])cc1Cl. The predicted octanol–water partition coefficient (Wildman–Crippen LogP) is 3.83. The Labute approximate surface area is 145 Å². The molecule has 9 heteroatoms. The van der Waals surface area contributed by atoms with E-state index in [1.54, 1.807) is 12.3 Å². The van der Waals surface area contributed by atoms with Crippen LogP contribution in [0.5, 0.6) is 0 Å². The van der Waals surface area contributed by atoms with E-state index in [-0.39, 0.29) is 27.6 Å². The lowest BCUT2D eigenvalue weighted by Gasteiger charge is -2.09. The molecule has 1 amide bonds. The largest absolute Gasteiger partial charge is 0.322 e. The molecule has 0 unspecified atom stereocenters. The van der Waals surface area contributed by atoms with E-state index in [0.29, 0.717) is 0 Å². The molecule has 0 aliphatic heterocycles. The van der Waals surface area contributed by atoms with E-state index in [9.17, 15) is 19.3 Å². The monoisotopic (exact) mass is 360 g/mol. The fourth-order valence-electron chi connectivity index (χ4n) is 2.18. The molecule has 3 aromatic rings. The second-order valence-corrected chi connectivity index (χ2v) is 5.40. The number of nitrogens with zero attached hydrogens (tertiary/aromatic N) is 3. The summed E-state index contributed by atoms with van der Waals surface area (Å²) < 4.78 is 15.5. The Morgan fingerprint density at radius 1 is 1.28 bits per heavy atom. The molecule has 0 aliphatic carbocycles. The molecule has 0 bridgehead atoms. The summed E-state index contributed by atoms with van der Waals surface area (Å²) in [7, 11) is 0. The third-order valence-electron chi connectivity index (χ3n) is 3.36. The van der Waals surface area contributed by atoms with Crippen LogP contribution >= 0.6 is 11.6 Å². The zero-order valence-electron chi connectivity index (χ0n) is 12.5. The maximum atomic E-state index is 14.2. The summed E-state index contributed by atoms with van der Waals surface area (Å²) in [4.78, 5) is 22.3. The van der Waals surface area contributed by atoms with Gasteiger partial charge in [0, 0.05) is 30.2 Å². The standard InChI is InChI=1S/C16H10ClFN4O3/c17-13-9-11(22(24)25)3-4-12(13)16(23)20-10-2-5-15(14(18)8-10)21-7-1-6-19-21/h1-9H,(H,20,23). The molecule has 7 nitrogen and oxygen atoms in total. The van der Waals surface area contributed by atoms with Crippen LogP contribution in [0.15, 0.2) is 54.9 Å². The summed E-state index contributed by atoms with van der Waals surface area (Å²) >= 11 is 5.91. The summed E-state index contributed by atoms with van der Waals surface area (Å²) in [5.74, 6) is -1.18. The summed E-state index contributed by atoms with van der Waals surface area (Å²) in [5, 5.41) is 17.1. The molecule has 126 valence electrons. The van der Waals surface area contributed by atoms with E-state index in [0.717, 1.165) is 12.1 Å². The third kappa shape index (κ3) is 3.48. The normalized spacial score (nSPS) is 10.5. The number of hydrogen-bond donors (Lipinski definition) is 1. The molecule has 0 saturated carbocycles. The average molecular weight is 361 g/mol. The quantitative estimate of drug-likeness (QED) is 0.565. The van der Waals surface area contributed by atoms with E-state index in [2.05, 4.69) is 10.4 Å². The Morgan fingerprint density at radius 3 is 2.68 bits per heavy atom. The van der Waals surface area contributed by atoms with E-state index >= 15 is 0 Å². The van der Waals surface area contributed by atoms with Gasteiger partial charge in [0.2, 0.25) is 0 Å². The molecular formula is C16H10ClFN4O3. The van der Waals surface area contributed by atoms with Gasteiger partial charge in [0.15, 0.2) is 5.82 Å². The minimum atomic E-state index is -0.614. The number of nitrogens with one attached hydrogen (secondary N) is 1. The highest BCUT2D eigenvalue weighted by Crippen LogP contribution is 2.24. The third-order valence-corrected chi connectivity index (χ3v) is 3.68. The number of anilines is 1. The van der Waals surface area contributed by atoms with E-state index in [4.69, 9.17) is 11.6 Å². The van der Waals surface area contributed by atoms with Crippen molar-refractivity contribution in [1.82, 2.24) is 9.78 Å². The molecular weight excluding hydrogens is 351 g/mol. The number of non-ortho nitro benzene ring substituents is 1. The van der Waals surface area contributed by atoms with Crippen LogP contribution in [0.2, 0.25) is 5.02 Å². The first-order valence-electron chi connectivity index (χ1n) is 7.00. The molecule has 1 N–H and O–H groups in total. The zero-order valence-corrected chi connectivity index (χ0v) is 13.3. The van der Waals surface area contributed by atoms with Crippen LogP contribution in [0, 0.1) is 15.9 Å². The molecule has 0 fully saturated rings. The smallest absolute Gasteiger partial charge is 0.270 e. The number of nitro groups is 1. The topological polar surface area (TPSA) is 90.1 Å². The molecule has 0 saturated heterocycles. The molecule has 0 atom stereocenters. The summed E-state index contributed by atoms with van der Waals surface area (Å²) in [6.07, 6.45) is 3.11. The maximum Gasteiger partial charge on any atom is 0.270 e. The van der Waals surface area contributed by atoms with Crippen molar-refractivity contribution in [2.75, 3.05) is 5.32 Å². The van der Waals surface area contributed by atoms with Gasteiger partial charge in [-0.25, -0.2) is 9.07 Å². The molecule has 1 heterocycles. The van der Waals surface area contributed by atoms with Crippen LogP contribution < -0.4 is 5.32 Å². The van der Waals surface area contributed by atoms with Crippen molar-refractivity contribution in [1.29, 1.82) is 0 Å². The van der Waals surface area contributed by atoms with Crippen molar-refractivity contribution in [3.05, 3.63) is 81.4 Å². The number of carbonyl (C=O) groups excluding carboxylic acids is 1. The molecule has 2 aromatic carbocycles. The first-order chi connectivity index (χ1) is 12.0. The number of hydrogen-bond acceptors (Lipinski definition) is 4. The number of carbonyl (C=O) groups is 1. The molecule has 1 aromatic heterocycles. The van der Waals surface area contributed by atoms with Crippen LogP contribution in [0.1, 0.15) is 10.4 Å². The van der Waals surface area contributed by atoms with Gasteiger partial charge in [-0.3, -0.25) is 14.9 Å². The molecule has 0 radical (unpaired) electrons. The highest BCUT2D eigenvalue weighted by molar-refractivity contribution is 6.34. The Morgan fingerprint density at radius 2 is 2.08 bits per heavy atom. The van der Waals surface area contributed by atoms with Crippen LogP contribution in [-0.4, -0.2) is 20.6 Å². The van der Waals surface area contributed by atoms with Gasteiger partial charge in [0.05, 0.1) is 15.5 Å². The Kier molecular flexibility index (Phi) is 4.44. The lowest BCUT2D eigenvalue weighted by atomic mass is 10.2. The summed E-state index contributed by atoms with van der Waals surface area (Å²) in [5.41, 5.74) is 0.268.